The van der Waals surface area contributed by atoms with E-state index in [0.29, 0.717) is 0 Å². The molecule has 0 spiro atoms. The SMILES string of the molecule is CC(C)NC(=O)C(Cl)(C(F)(F)F)C(F)(F)F. The molecule has 0 aliphatic rings. The van der Waals surface area contributed by atoms with Crippen LogP contribution in [0.5, 0.6) is 0 Å². The highest BCUT2D eigenvalue weighted by atomic mass is 35.5. The Morgan fingerprint density at radius 2 is 1.38 bits per heavy atom. The Kier molecular flexibility index (Phi) is 4.13. The third-order valence-electron chi connectivity index (χ3n) is 1.51. The number of nitrogens with one attached hydrogen (secondary N) is 1. The summed E-state index contributed by atoms with van der Waals surface area (Å²) in [6.45, 7) is 2.42. The molecule has 0 fully saturated rings. The summed E-state index contributed by atoms with van der Waals surface area (Å²) in [7, 11) is 0. The van der Waals surface area contributed by atoms with Crippen molar-refractivity contribution in [3.8, 4) is 0 Å². The number of halogens is 7. The van der Waals surface area contributed by atoms with E-state index in [2.05, 4.69) is 11.6 Å². The summed E-state index contributed by atoms with van der Waals surface area (Å²) >= 11 is 4.42. The highest BCUT2D eigenvalue weighted by molar-refractivity contribution is 6.36. The molecule has 0 bridgehead atoms. The second-order valence-corrected chi connectivity index (χ2v) is 3.85. The average molecular weight is 272 g/mol. The van der Waals surface area contributed by atoms with Crippen molar-refractivity contribution in [3.63, 3.8) is 0 Å². The van der Waals surface area contributed by atoms with Crippen LogP contribution in [-0.4, -0.2) is 29.2 Å². The third-order valence-corrected chi connectivity index (χ3v) is 2.11. The first-order chi connectivity index (χ1) is 6.84. The molecule has 0 rings (SSSR count). The first kappa shape index (κ1) is 15.3. The van der Waals surface area contributed by atoms with Crippen molar-refractivity contribution in [2.75, 3.05) is 0 Å². The molecule has 0 atom stereocenters. The van der Waals surface area contributed by atoms with Crippen LogP contribution in [0.25, 0.3) is 0 Å². The van der Waals surface area contributed by atoms with Crippen LogP contribution in [0.2, 0.25) is 0 Å². The predicted molar refractivity (Wildman–Crippen MR) is 44.0 cm³/mol. The highest BCUT2D eigenvalue weighted by Gasteiger charge is 2.75. The van der Waals surface area contributed by atoms with Gasteiger partial charge in [0.25, 0.3) is 5.91 Å². The second-order valence-electron chi connectivity index (χ2n) is 3.28. The number of carbonyl (C=O) groups is 1. The van der Waals surface area contributed by atoms with Gasteiger partial charge in [-0.05, 0) is 13.8 Å². The lowest BCUT2D eigenvalue weighted by Gasteiger charge is -2.30. The molecule has 0 aliphatic carbocycles. The Hall–Kier alpha value is -0.660. The molecular weight excluding hydrogens is 264 g/mol. The maximum atomic E-state index is 12.2. The van der Waals surface area contributed by atoms with E-state index in [4.69, 9.17) is 0 Å². The summed E-state index contributed by atoms with van der Waals surface area (Å²) in [6.07, 6.45) is -11.8. The van der Waals surface area contributed by atoms with Gasteiger partial charge in [-0.15, -0.1) is 0 Å². The van der Waals surface area contributed by atoms with Gasteiger partial charge in [0.15, 0.2) is 0 Å². The van der Waals surface area contributed by atoms with Gasteiger partial charge in [-0.3, -0.25) is 4.79 Å². The van der Waals surface area contributed by atoms with Crippen LogP contribution in [-0.2, 0) is 4.79 Å². The Morgan fingerprint density at radius 3 is 1.56 bits per heavy atom. The smallest absolute Gasteiger partial charge is 0.352 e. The van der Waals surface area contributed by atoms with Crippen LogP contribution < -0.4 is 5.32 Å². The summed E-state index contributed by atoms with van der Waals surface area (Å²) < 4.78 is 73.1. The second kappa shape index (κ2) is 4.31. The van der Waals surface area contributed by atoms with Crippen molar-refractivity contribution >= 4 is 17.5 Å². The van der Waals surface area contributed by atoms with Gasteiger partial charge in [-0.25, -0.2) is 0 Å². The number of hydrogen-bond acceptors (Lipinski definition) is 1. The van der Waals surface area contributed by atoms with Gasteiger partial charge >= 0.3 is 17.2 Å². The Morgan fingerprint density at radius 1 is 1.06 bits per heavy atom. The zero-order chi connectivity index (χ0) is 13.4. The predicted octanol–water partition coefficient (Wildman–Crippen LogP) is 2.61. The van der Waals surface area contributed by atoms with Gasteiger partial charge in [-0.2, -0.15) is 26.3 Å². The molecule has 0 saturated heterocycles. The zero-order valence-electron chi connectivity index (χ0n) is 8.13. The van der Waals surface area contributed by atoms with E-state index >= 15 is 0 Å². The number of alkyl halides is 7. The highest BCUT2D eigenvalue weighted by Crippen LogP contribution is 2.48. The van der Waals surface area contributed by atoms with Gasteiger partial charge in [0.05, 0.1) is 0 Å². The van der Waals surface area contributed by atoms with Crippen LogP contribution in [0, 0.1) is 0 Å². The van der Waals surface area contributed by atoms with Crippen LogP contribution in [0.15, 0.2) is 0 Å². The molecule has 0 aromatic rings. The van der Waals surface area contributed by atoms with Gasteiger partial charge in [0.1, 0.15) is 0 Å². The molecule has 0 saturated carbocycles. The zero-order valence-corrected chi connectivity index (χ0v) is 8.89. The fourth-order valence-corrected chi connectivity index (χ4v) is 0.834. The van der Waals surface area contributed by atoms with Crippen molar-refractivity contribution in [1.82, 2.24) is 5.32 Å². The molecular formula is C7H8ClF6NO. The summed E-state index contributed by atoms with van der Waals surface area (Å²) in [5, 5.41) is 1.49. The topological polar surface area (TPSA) is 29.1 Å². The number of hydrogen-bond donors (Lipinski definition) is 1. The minimum Gasteiger partial charge on any atom is -0.352 e. The molecule has 0 unspecified atom stereocenters. The molecule has 0 heterocycles. The van der Waals surface area contributed by atoms with Gasteiger partial charge < -0.3 is 5.32 Å². The van der Waals surface area contributed by atoms with Crippen LogP contribution in [0.3, 0.4) is 0 Å². The van der Waals surface area contributed by atoms with Crippen molar-refractivity contribution in [3.05, 3.63) is 0 Å². The Bertz CT molecular complexity index is 257. The van der Waals surface area contributed by atoms with E-state index in [1.165, 1.54) is 19.2 Å². The fraction of sp³-hybridized carbons (Fsp3) is 0.857. The molecule has 0 aromatic heterocycles. The van der Waals surface area contributed by atoms with Gasteiger partial charge in [-0.1, -0.05) is 11.6 Å². The first-order valence-corrected chi connectivity index (χ1v) is 4.35. The van der Waals surface area contributed by atoms with Crippen molar-refractivity contribution in [2.24, 2.45) is 0 Å². The van der Waals surface area contributed by atoms with E-state index < -0.39 is 29.2 Å². The van der Waals surface area contributed by atoms with E-state index in [9.17, 15) is 31.1 Å². The van der Waals surface area contributed by atoms with Crippen molar-refractivity contribution in [1.29, 1.82) is 0 Å². The molecule has 0 aromatic carbocycles. The maximum Gasteiger partial charge on any atom is 0.425 e. The average Bonchev–Trinajstić information content (AvgIpc) is 1.96. The molecule has 1 amide bonds. The summed E-state index contributed by atoms with van der Waals surface area (Å²) in [4.78, 5) is 5.97. The van der Waals surface area contributed by atoms with Crippen molar-refractivity contribution in [2.45, 2.75) is 37.1 Å². The number of amides is 1. The molecule has 16 heavy (non-hydrogen) atoms. The molecule has 96 valence electrons. The molecule has 0 aliphatic heterocycles. The summed E-state index contributed by atoms with van der Waals surface area (Å²) in [6, 6.07) is -0.893. The van der Waals surface area contributed by atoms with Crippen LogP contribution >= 0.6 is 11.6 Å². The monoisotopic (exact) mass is 271 g/mol. The molecule has 1 N–H and O–H groups in total. The Labute approximate surface area is 91.9 Å². The lowest BCUT2D eigenvalue weighted by molar-refractivity contribution is -0.260. The third kappa shape index (κ3) is 2.72. The Balaban J connectivity index is 5.36. The maximum absolute atomic E-state index is 12.2. The molecule has 0 radical (unpaired) electrons. The number of carbonyl (C=O) groups excluding carboxylic acids is 1. The van der Waals surface area contributed by atoms with E-state index in [1.54, 1.807) is 0 Å². The minimum absolute atomic E-state index is 0.893. The lowest BCUT2D eigenvalue weighted by atomic mass is 10.1. The van der Waals surface area contributed by atoms with Crippen LogP contribution in [0.1, 0.15) is 13.8 Å². The number of rotatable bonds is 2. The molecule has 2 nitrogen and oxygen atoms in total. The standard InChI is InChI=1S/C7H8ClF6NO/c1-3(2)15-4(16)5(8,6(9,10)11)7(12,13)14/h3H,1-2H3,(H,15,16). The molecule has 9 heteroatoms. The fourth-order valence-electron chi connectivity index (χ4n) is 0.780. The summed E-state index contributed by atoms with van der Waals surface area (Å²) in [5.74, 6) is -2.33. The first-order valence-electron chi connectivity index (χ1n) is 3.97. The minimum atomic E-state index is -5.92. The normalized spacial score (nSPS) is 14.1. The van der Waals surface area contributed by atoms with E-state index in [0.717, 1.165) is 0 Å². The van der Waals surface area contributed by atoms with Gasteiger partial charge in [0, 0.05) is 6.04 Å². The van der Waals surface area contributed by atoms with E-state index in [1.807, 2.05) is 0 Å². The van der Waals surface area contributed by atoms with Crippen LogP contribution in [0.4, 0.5) is 26.3 Å². The largest absolute Gasteiger partial charge is 0.425 e. The van der Waals surface area contributed by atoms with Gasteiger partial charge in [0.2, 0.25) is 0 Å². The summed E-state index contributed by atoms with van der Waals surface area (Å²) in [5.41, 5.74) is 0. The van der Waals surface area contributed by atoms with Crippen molar-refractivity contribution < 1.29 is 31.1 Å². The van der Waals surface area contributed by atoms with E-state index in [-0.39, 0.29) is 0 Å². The quantitative estimate of drug-likeness (QED) is 0.607. The lowest BCUT2D eigenvalue weighted by Crippen LogP contribution is -2.62.